The fourth-order valence-electron chi connectivity index (χ4n) is 6.01. The minimum absolute atomic E-state index is 0.0872. The zero-order valence-electron chi connectivity index (χ0n) is 27.4. The zero-order valence-corrected chi connectivity index (χ0v) is 27.4. The van der Waals surface area contributed by atoms with Gasteiger partial charge in [0.25, 0.3) is 0 Å². The van der Waals surface area contributed by atoms with Gasteiger partial charge in [-0.15, -0.1) is 0 Å². The third kappa shape index (κ3) is 7.91. The molecule has 2 aromatic carbocycles. The van der Waals surface area contributed by atoms with Gasteiger partial charge in [0.1, 0.15) is 22.8 Å². The van der Waals surface area contributed by atoms with Gasteiger partial charge in [0, 0.05) is 19.0 Å². The lowest BCUT2D eigenvalue weighted by Crippen LogP contribution is -2.46. The Kier molecular flexibility index (Phi) is 10.2. The van der Waals surface area contributed by atoms with Crippen molar-refractivity contribution < 1.29 is 14.3 Å². The molecule has 0 atom stereocenters. The molecule has 0 unspecified atom stereocenters. The second kappa shape index (κ2) is 14.3. The quantitative estimate of drug-likeness (QED) is 0.183. The van der Waals surface area contributed by atoms with E-state index < -0.39 is 5.60 Å². The van der Waals surface area contributed by atoms with E-state index in [0.717, 1.165) is 78.6 Å². The van der Waals surface area contributed by atoms with E-state index in [9.17, 15) is 9.59 Å². The molecule has 238 valence electrons. The molecule has 0 radical (unpaired) electrons. The van der Waals surface area contributed by atoms with Crippen molar-refractivity contribution in [3.63, 3.8) is 0 Å². The van der Waals surface area contributed by atoms with Crippen molar-refractivity contribution in [2.45, 2.75) is 104 Å². The number of carbonyl (C=O) groups excluding carboxylic acids is 2. The number of fused-ring (bicyclic) bond motifs is 1. The molecule has 8 heteroatoms. The summed E-state index contributed by atoms with van der Waals surface area (Å²) < 4.78 is 7.85. The summed E-state index contributed by atoms with van der Waals surface area (Å²) in [5, 5.41) is 3.24. The van der Waals surface area contributed by atoms with Gasteiger partial charge in [0.2, 0.25) is 0 Å². The third-order valence-electron chi connectivity index (χ3n) is 8.33. The normalized spacial score (nSPS) is 14.0. The number of pyridine rings is 1. The standard InChI is InChI=1S/C37H47N5O3/c1-6-8-18-32-39-31-23-24-33(41(7-2)36(44)38-28-14-10-9-11-15-28)40-34(31)42(32)25-26-19-21-27(22-20-26)29-16-12-13-17-30(29)35(43)45-37(3,4)5/h12-13,16-17,19-24,28H,6-11,14-15,18,25H2,1-5H3,(H,38,44). The zero-order chi connectivity index (χ0) is 32.0. The van der Waals surface area contributed by atoms with Crippen molar-refractivity contribution in [2.75, 3.05) is 11.4 Å². The Morgan fingerprint density at radius 1 is 0.956 bits per heavy atom. The van der Waals surface area contributed by atoms with Crippen molar-refractivity contribution in [3.8, 4) is 11.1 Å². The van der Waals surface area contributed by atoms with E-state index in [1.54, 1.807) is 4.90 Å². The summed E-state index contributed by atoms with van der Waals surface area (Å²) in [4.78, 5) is 38.0. The second-order valence-electron chi connectivity index (χ2n) is 13.0. The van der Waals surface area contributed by atoms with Gasteiger partial charge in [-0.25, -0.2) is 19.6 Å². The maximum Gasteiger partial charge on any atom is 0.339 e. The summed E-state index contributed by atoms with van der Waals surface area (Å²) in [5.74, 6) is 1.30. The summed E-state index contributed by atoms with van der Waals surface area (Å²) >= 11 is 0. The summed E-state index contributed by atoms with van der Waals surface area (Å²) in [6.07, 6.45) is 8.59. The molecule has 45 heavy (non-hydrogen) atoms. The third-order valence-corrected chi connectivity index (χ3v) is 8.33. The number of nitrogens with one attached hydrogen (secondary N) is 1. The van der Waals surface area contributed by atoms with Gasteiger partial charge in [-0.3, -0.25) is 4.90 Å². The predicted octanol–water partition coefficient (Wildman–Crippen LogP) is 8.31. The molecule has 1 N–H and O–H groups in total. The number of ether oxygens (including phenoxy) is 1. The molecule has 1 aliphatic rings. The molecule has 1 aliphatic carbocycles. The number of unbranched alkanes of at least 4 members (excludes halogenated alkanes) is 1. The van der Waals surface area contributed by atoms with Crippen LogP contribution in [-0.4, -0.2) is 44.7 Å². The van der Waals surface area contributed by atoms with E-state index in [1.165, 1.54) is 6.42 Å². The summed E-state index contributed by atoms with van der Waals surface area (Å²) in [6, 6.07) is 19.9. The maximum atomic E-state index is 13.3. The number of aryl methyl sites for hydroxylation is 1. The van der Waals surface area contributed by atoms with E-state index >= 15 is 0 Å². The van der Waals surface area contributed by atoms with Crippen LogP contribution in [0, 0.1) is 0 Å². The van der Waals surface area contributed by atoms with E-state index in [0.29, 0.717) is 24.5 Å². The smallest absolute Gasteiger partial charge is 0.339 e. The highest BCUT2D eigenvalue weighted by Gasteiger charge is 2.23. The number of carbonyl (C=O) groups is 2. The number of aromatic nitrogens is 3. The summed E-state index contributed by atoms with van der Waals surface area (Å²) in [7, 11) is 0. The molecule has 0 aliphatic heterocycles. The topological polar surface area (TPSA) is 89.4 Å². The molecule has 2 amide bonds. The molecule has 5 rings (SSSR count). The molecule has 2 aromatic heterocycles. The minimum atomic E-state index is -0.571. The maximum absolute atomic E-state index is 13.3. The molecular formula is C37H47N5O3. The molecule has 8 nitrogen and oxygen atoms in total. The first-order chi connectivity index (χ1) is 21.7. The lowest BCUT2D eigenvalue weighted by molar-refractivity contribution is 0.00704. The molecule has 0 saturated heterocycles. The SMILES string of the molecule is CCCCc1nc2ccc(N(CC)C(=O)NC3CCCCC3)nc2n1Cc1ccc(-c2ccccc2C(=O)OC(C)(C)C)cc1. The fourth-order valence-corrected chi connectivity index (χ4v) is 6.01. The van der Waals surface area contributed by atoms with Gasteiger partial charge >= 0.3 is 12.0 Å². The van der Waals surface area contributed by atoms with Crippen molar-refractivity contribution in [3.05, 3.63) is 77.6 Å². The molecule has 0 bridgehead atoms. The van der Waals surface area contributed by atoms with Crippen LogP contribution in [0.5, 0.6) is 0 Å². The highest BCUT2D eigenvalue weighted by molar-refractivity contribution is 5.97. The number of urea groups is 1. The van der Waals surface area contributed by atoms with Crippen LogP contribution in [0.1, 0.15) is 101 Å². The van der Waals surface area contributed by atoms with E-state index in [1.807, 2.05) is 64.1 Å². The molecule has 1 fully saturated rings. The average Bonchev–Trinajstić information content (AvgIpc) is 3.36. The lowest BCUT2D eigenvalue weighted by Gasteiger charge is -2.27. The van der Waals surface area contributed by atoms with Crippen LogP contribution >= 0.6 is 0 Å². The largest absolute Gasteiger partial charge is 0.456 e. The van der Waals surface area contributed by atoms with Gasteiger partial charge in [-0.05, 0) is 81.8 Å². The number of nitrogens with zero attached hydrogens (tertiary/aromatic N) is 4. The van der Waals surface area contributed by atoms with E-state index in [4.69, 9.17) is 14.7 Å². The van der Waals surface area contributed by atoms with Gasteiger partial charge < -0.3 is 14.6 Å². The first kappa shape index (κ1) is 32.2. The summed E-state index contributed by atoms with van der Waals surface area (Å²) in [5.41, 5.74) is 4.47. The number of esters is 1. The molecule has 1 saturated carbocycles. The molecule has 2 heterocycles. The summed E-state index contributed by atoms with van der Waals surface area (Å²) in [6.45, 7) is 10.9. The number of hydrogen-bond acceptors (Lipinski definition) is 5. The van der Waals surface area contributed by atoms with Gasteiger partial charge in [-0.1, -0.05) is 75.1 Å². The van der Waals surface area contributed by atoms with Crippen molar-refractivity contribution >= 4 is 29.0 Å². The Labute approximate surface area is 267 Å². The number of rotatable bonds is 10. The number of benzene rings is 2. The van der Waals surface area contributed by atoms with Crippen LogP contribution in [0.25, 0.3) is 22.3 Å². The van der Waals surface area contributed by atoms with E-state index in [-0.39, 0.29) is 18.0 Å². The van der Waals surface area contributed by atoms with Gasteiger partial charge in [-0.2, -0.15) is 0 Å². The first-order valence-electron chi connectivity index (χ1n) is 16.5. The minimum Gasteiger partial charge on any atom is -0.456 e. The van der Waals surface area contributed by atoms with Gasteiger partial charge in [0.15, 0.2) is 5.65 Å². The molecule has 0 spiro atoms. The second-order valence-corrected chi connectivity index (χ2v) is 13.0. The van der Waals surface area contributed by atoms with Crippen molar-refractivity contribution in [1.82, 2.24) is 19.9 Å². The Morgan fingerprint density at radius 3 is 2.38 bits per heavy atom. The lowest BCUT2D eigenvalue weighted by atomic mass is 9.96. The van der Waals surface area contributed by atoms with Crippen molar-refractivity contribution in [1.29, 1.82) is 0 Å². The van der Waals surface area contributed by atoms with E-state index in [2.05, 4.69) is 41.1 Å². The van der Waals surface area contributed by atoms with Crippen LogP contribution in [0.3, 0.4) is 0 Å². The Bertz CT molecular complexity index is 1610. The van der Waals surface area contributed by atoms with Crippen LogP contribution in [0.4, 0.5) is 10.6 Å². The van der Waals surface area contributed by atoms with Crippen LogP contribution in [0.2, 0.25) is 0 Å². The van der Waals surface area contributed by atoms with Crippen LogP contribution in [0.15, 0.2) is 60.7 Å². The Balaban J connectivity index is 1.42. The van der Waals surface area contributed by atoms with Crippen LogP contribution in [-0.2, 0) is 17.7 Å². The Hall–Kier alpha value is -4.20. The number of anilines is 1. The average molecular weight is 610 g/mol. The highest BCUT2D eigenvalue weighted by atomic mass is 16.6. The molecule has 4 aromatic rings. The number of hydrogen-bond donors (Lipinski definition) is 1. The van der Waals surface area contributed by atoms with Crippen LogP contribution < -0.4 is 10.2 Å². The van der Waals surface area contributed by atoms with Crippen molar-refractivity contribution in [2.24, 2.45) is 0 Å². The predicted molar refractivity (Wildman–Crippen MR) is 181 cm³/mol. The van der Waals surface area contributed by atoms with Gasteiger partial charge in [0.05, 0.1) is 12.1 Å². The number of imidazole rings is 1. The monoisotopic (exact) mass is 609 g/mol. The number of amides is 2. The Morgan fingerprint density at radius 2 is 1.69 bits per heavy atom. The molecular weight excluding hydrogens is 562 g/mol. The highest BCUT2D eigenvalue weighted by Crippen LogP contribution is 2.28. The first-order valence-corrected chi connectivity index (χ1v) is 16.5. The fraction of sp³-hybridized carbons (Fsp3) is 0.459.